The van der Waals surface area contributed by atoms with Crippen LogP contribution >= 0.6 is 0 Å². The van der Waals surface area contributed by atoms with Crippen molar-refractivity contribution in [3.63, 3.8) is 0 Å². The van der Waals surface area contributed by atoms with Gasteiger partial charge in [0.15, 0.2) is 0 Å². The Balaban J connectivity index is 2.09. The summed E-state index contributed by atoms with van der Waals surface area (Å²) < 4.78 is 2.03. The predicted octanol–water partition coefficient (Wildman–Crippen LogP) is 1.37. The standard InChI is InChI=1S/C10H11N3/c1-3-11-9(1)8-2-5-13-6-4-12-10(13)7-8/h2,4-7,9,11H,1,3H2. The minimum atomic E-state index is 0.557. The van der Waals surface area contributed by atoms with Crippen LogP contribution in [-0.4, -0.2) is 15.9 Å². The Hall–Kier alpha value is -1.35. The van der Waals surface area contributed by atoms with E-state index in [1.165, 1.54) is 12.0 Å². The molecule has 2 aromatic rings. The third-order valence-corrected chi connectivity index (χ3v) is 2.65. The molecule has 0 aromatic carbocycles. The average molecular weight is 173 g/mol. The van der Waals surface area contributed by atoms with Gasteiger partial charge in [-0.05, 0) is 30.7 Å². The van der Waals surface area contributed by atoms with Gasteiger partial charge < -0.3 is 9.72 Å². The molecule has 1 saturated heterocycles. The van der Waals surface area contributed by atoms with Crippen LogP contribution < -0.4 is 5.32 Å². The van der Waals surface area contributed by atoms with E-state index in [0.29, 0.717) is 6.04 Å². The molecule has 1 aliphatic heterocycles. The summed E-state index contributed by atoms with van der Waals surface area (Å²) in [4.78, 5) is 4.26. The Kier molecular flexibility index (Phi) is 1.40. The van der Waals surface area contributed by atoms with Gasteiger partial charge in [-0.25, -0.2) is 4.98 Å². The fraction of sp³-hybridized carbons (Fsp3) is 0.300. The minimum absolute atomic E-state index is 0.557. The van der Waals surface area contributed by atoms with Gasteiger partial charge in [-0.2, -0.15) is 0 Å². The maximum atomic E-state index is 4.26. The molecule has 1 aliphatic rings. The van der Waals surface area contributed by atoms with E-state index < -0.39 is 0 Å². The third kappa shape index (κ3) is 1.04. The summed E-state index contributed by atoms with van der Waals surface area (Å²) in [6.07, 6.45) is 7.11. The van der Waals surface area contributed by atoms with Gasteiger partial charge in [0.2, 0.25) is 0 Å². The summed E-state index contributed by atoms with van der Waals surface area (Å²) in [6, 6.07) is 4.86. The first-order chi connectivity index (χ1) is 6.43. The van der Waals surface area contributed by atoms with E-state index in [1.54, 1.807) is 0 Å². The quantitative estimate of drug-likeness (QED) is 0.705. The van der Waals surface area contributed by atoms with Crippen LogP contribution in [0.25, 0.3) is 5.65 Å². The largest absolute Gasteiger partial charge is 0.310 e. The van der Waals surface area contributed by atoms with Crippen molar-refractivity contribution in [1.29, 1.82) is 0 Å². The molecule has 1 fully saturated rings. The molecule has 1 N–H and O–H groups in total. The van der Waals surface area contributed by atoms with Crippen molar-refractivity contribution in [2.45, 2.75) is 12.5 Å². The summed E-state index contributed by atoms with van der Waals surface area (Å²) in [6.45, 7) is 1.14. The molecule has 3 rings (SSSR count). The van der Waals surface area contributed by atoms with Crippen LogP contribution in [0.15, 0.2) is 30.7 Å². The first-order valence-electron chi connectivity index (χ1n) is 4.59. The first kappa shape index (κ1) is 7.09. The topological polar surface area (TPSA) is 29.3 Å². The summed E-state index contributed by atoms with van der Waals surface area (Å²) in [5.41, 5.74) is 2.39. The van der Waals surface area contributed by atoms with Gasteiger partial charge >= 0.3 is 0 Å². The molecule has 2 aromatic heterocycles. The number of hydrogen-bond donors (Lipinski definition) is 1. The van der Waals surface area contributed by atoms with Crippen LogP contribution in [0.3, 0.4) is 0 Å². The van der Waals surface area contributed by atoms with Crippen molar-refractivity contribution in [1.82, 2.24) is 14.7 Å². The molecule has 3 heterocycles. The van der Waals surface area contributed by atoms with E-state index >= 15 is 0 Å². The first-order valence-corrected chi connectivity index (χ1v) is 4.59. The van der Waals surface area contributed by atoms with Gasteiger partial charge in [-0.3, -0.25) is 0 Å². The van der Waals surface area contributed by atoms with Crippen LogP contribution in [0.1, 0.15) is 18.0 Å². The Morgan fingerprint density at radius 1 is 1.46 bits per heavy atom. The summed E-state index contributed by atoms with van der Waals surface area (Å²) in [5.74, 6) is 0. The summed E-state index contributed by atoms with van der Waals surface area (Å²) in [5, 5.41) is 3.38. The number of nitrogens with zero attached hydrogens (tertiary/aromatic N) is 2. The Bertz CT molecular complexity index is 428. The maximum absolute atomic E-state index is 4.26. The highest BCUT2D eigenvalue weighted by atomic mass is 15.0. The zero-order valence-electron chi connectivity index (χ0n) is 7.27. The molecule has 0 bridgehead atoms. The van der Waals surface area contributed by atoms with Crippen molar-refractivity contribution in [3.8, 4) is 0 Å². The lowest BCUT2D eigenvalue weighted by Gasteiger charge is -2.27. The number of nitrogens with one attached hydrogen (secondary N) is 1. The predicted molar refractivity (Wildman–Crippen MR) is 50.6 cm³/mol. The smallest absolute Gasteiger partial charge is 0.136 e. The molecule has 1 atom stereocenters. The van der Waals surface area contributed by atoms with Gasteiger partial charge in [-0.15, -0.1) is 0 Å². The summed E-state index contributed by atoms with van der Waals surface area (Å²) in [7, 11) is 0. The molecule has 0 spiro atoms. The SMILES string of the molecule is c1cn2ccc(C3CCN3)cc2n1. The molecule has 3 nitrogen and oxygen atoms in total. The normalized spacial score (nSPS) is 21.7. The molecule has 13 heavy (non-hydrogen) atoms. The molecule has 3 heteroatoms. The van der Waals surface area contributed by atoms with Crippen LogP contribution in [0.5, 0.6) is 0 Å². The summed E-state index contributed by atoms with van der Waals surface area (Å²) >= 11 is 0. The Morgan fingerprint density at radius 2 is 2.38 bits per heavy atom. The number of hydrogen-bond acceptors (Lipinski definition) is 2. The van der Waals surface area contributed by atoms with Gasteiger partial charge in [0.25, 0.3) is 0 Å². The molecule has 1 unspecified atom stereocenters. The van der Waals surface area contributed by atoms with E-state index in [9.17, 15) is 0 Å². The number of rotatable bonds is 1. The maximum Gasteiger partial charge on any atom is 0.136 e. The third-order valence-electron chi connectivity index (χ3n) is 2.65. The zero-order valence-corrected chi connectivity index (χ0v) is 7.27. The molecule has 66 valence electrons. The molecule has 0 amide bonds. The van der Waals surface area contributed by atoms with Crippen molar-refractivity contribution >= 4 is 5.65 Å². The highest BCUT2D eigenvalue weighted by Crippen LogP contribution is 2.22. The van der Waals surface area contributed by atoms with Gasteiger partial charge in [0.05, 0.1) is 0 Å². The van der Waals surface area contributed by atoms with E-state index in [1.807, 2.05) is 16.8 Å². The lowest BCUT2D eigenvalue weighted by molar-refractivity contribution is 0.383. The zero-order chi connectivity index (χ0) is 8.67. The van der Waals surface area contributed by atoms with Gasteiger partial charge in [0.1, 0.15) is 5.65 Å². The van der Waals surface area contributed by atoms with Crippen molar-refractivity contribution in [2.24, 2.45) is 0 Å². The number of fused-ring (bicyclic) bond motifs is 1. The average Bonchev–Trinajstić information content (AvgIpc) is 2.47. The second kappa shape index (κ2) is 2.57. The number of imidazole rings is 1. The van der Waals surface area contributed by atoms with Crippen LogP contribution in [-0.2, 0) is 0 Å². The van der Waals surface area contributed by atoms with E-state index in [0.717, 1.165) is 12.2 Å². The van der Waals surface area contributed by atoms with Crippen molar-refractivity contribution in [3.05, 3.63) is 36.3 Å². The Morgan fingerprint density at radius 3 is 3.15 bits per heavy atom. The minimum Gasteiger partial charge on any atom is -0.310 e. The molecular weight excluding hydrogens is 162 g/mol. The monoisotopic (exact) mass is 173 g/mol. The second-order valence-corrected chi connectivity index (χ2v) is 3.45. The van der Waals surface area contributed by atoms with E-state index in [4.69, 9.17) is 0 Å². The molecule has 0 saturated carbocycles. The van der Waals surface area contributed by atoms with E-state index in [2.05, 4.69) is 28.6 Å². The highest BCUT2D eigenvalue weighted by molar-refractivity contribution is 5.42. The van der Waals surface area contributed by atoms with Crippen molar-refractivity contribution in [2.75, 3.05) is 6.54 Å². The lowest BCUT2D eigenvalue weighted by Crippen LogP contribution is -2.34. The fourth-order valence-electron chi connectivity index (χ4n) is 1.72. The number of aromatic nitrogens is 2. The lowest BCUT2D eigenvalue weighted by atomic mass is 9.99. The van der Waals surface area contributed by atoms with Gasteiger partial charge in [-0.1, -0.05) is 0 Å². The van der Waals surface area contributed by atoms with Crippen molar-refractivity contribution < 1.29 is 0 Å². The molecule has 0 radical (unpaired) electrons. The van der Waals surface area contributed by atoms with Crippen LogP contribution in [0.4, 0.5) is 0 Å². The second-order valence-electron chi connectivity index (χ2n) is 3.45. The molecule has 0 aliphatic carbocycles. The molecular formula is C10H11N3. The van der Waals surface area contributed by atoms with E-state index in [-0.39, 0.29) is 0 Å². The fourth-order valence-corrected chi connectivity index (χ4v) is 1.72. The Labute approximate surface area is 76.4 Å². The van der Waals surface area contributed by atoms with Crippen LogP contribution in [0, 0.1) is 0 Å². The highest BCUT2D eigenvalue weighted by Gasteiger charge is 2.18. The van der Waals surface area contributed by atoms with Gasteiger partial charge in [0, 0.05) is 24.6 Å². The number of pyridine rings is 1. The van der Waals surface area contributed by atoms with Crippen LogP contribution in [0.2, 0.25) is 0 Å².